The number of aromatic hydroxyl groups is 1. The number of phenolic OH excluding ortho intramolecular Hbond substituents is 1. The fraction of sp³-hybridized carbons (Fsp3) is 0.273. The van der Waals surface area contributed by atoms with Crippen LogP contribution in [0.15, 0.2) is 49.6 Å². The van der Waals surface area contributed by atoms with Crippen LogP contribution in [0.5, 0.6) is 5.75 Å². The summed E-state index contributed by atoms with van der Waals surface area (Å²) in [5, 5.41) is 16.8. The molecule has 0 radical (unpaired) electrons. The van der Waals surface area contributed by atoms with E-state index in [1.165, 1.54) is 12.7 Å². The van der Waals surface area contributed by atoms with Crippen molar-refractivity contribution in [3.05, 3.63) is 66.3 Å². The highest BCUT2D eigenvalue weighted by Crippen LogP contribution is 2.42. The van der Waals surface area contributed by atoms with Crippen LogP contribution in [0.25, 0.3) is 11.8 Å². The molecule has 1 aromatic carbocycles. The molecule has 4 rings (SSSR count). The summed E-state index contributed by atoms with van der Waals surface area (Å²) in [6, 6.07) is 6.03. The molecule has 0 saturated heterocycles. The number of nitrogens with zero attached hydrogens (tertiary/aromatic N) is 3. The van der Waals surface area contributed by atoms with E-state index in [-0.39, 0.29) is 5.75 Å². The fourth-order valence-electron chi connectivity index (χ4n) is 3.82. The van der Waals surface area contributed by atoms with Gasteiger partial charge in [-0.15, -0.1) is 0 Å². The van der Waals surface area contributed by atoms with Crippen LogP contribution in [0.3, 0.4) is 0 Å². The van der Waals surface area contributed by atoms with Crippen molar-refractivity contribution in [1.29, 1.82) is 0 Å². The van der Waals surface area contributed by atoms with Gasteiger partial charge < -0.3 is 20.6 Å². The fourth-order valence-corrected chi connectivity index (χ4v) is 3.82. The molecule has 1 saturated carbocycles. The minimum Gasteiger partial charge on any atom is -0.507 e. The van der Waals surface area contributed by atoms with Gasteiger partial charge in [-0.1, -0.05) is 25.3 Å². The van der Waals surface area contributed by atoms with Crippen LogP contribution < -0.4 is 10.6 Å². The molecular formula is C22H25N5O. The molecule has 144 valence electrons. The van der Waals surface area contributed by atoms with Gasteiger partial charge in [0.05, 0.1) is 6.54 Å². The number of anilines is 2. The summed E-state index contributed by atoms with van der Waals surface area (Å²) in [7, 11) is 0. The number of hydrogen-bond donors (Lipinski definition) is 3. The predicted octanol–water partition coefficient (Wildman–Crippen LogP) is 4.34. The average Bonchev–Trinajstić information content (AvgIpc) is 2.63. The van der Waals surface area contributed by atoms with Gasteiger partial charge in [0, 0.05) is 28.6 Å². The van der Waals surface area contributed by atoms with Gasteiger partial charge >= 0.3 is 0 Å². The van der Waals surface area contributed by atoms with E-state index in [1.807, 2.05) is 19.1 Å². The molecule has 2 heterocycles. The van der Waals surface area contributed by atoms with Gasteiger partial charge in [0.15, 0.2) is 0 Å². The first-order valence-corrected chi connectivity index (χ1v) is 9.54. The van der Waals surface area contributed by atoms with Crippen molar-refractivity contribution in [3.8, 4) is 5.75 Å². The lowest BCUT2D eigenvalue weighted by Crippen LogP contribution is -2.41. The summed E-state index contributed by atoms with van der Waals surface area (Å²) in [6.45, 7) is 10.6. The molecule has 1 aliphatic heterocycles. The van der Waals surface area contributed by atoms with Gasteiger partial charge in [-0.3, -0.25) is 0 Å². The molecule has 2 aliphatic rings. The maximum atomic E-state index is 10.4. The summed E-state index contributed by atoms with van der Waals surface area (Å²) in [6.07, 6.45) is 8.78. The Labute approximate surface area is 165 Å². The van der Waals surface area contributed by atoms with Crippen molar-refractivity contribution >= 4 is 23.4 Å². The third-order valence-electron chi connectivity index (χ3n) is 5.49. The molecule has 1 aromatic heterocycles. The number of fused-ring (bicyclic) bond motifs is 1. The number of benzene rings is 1. The Balaban J connectivity index is 1.64. The Morgan fingerprint density at radius 1 is 1.29 bits per heavy atom. The molecule has 2 aromatic rings. The van der Waals surface area contributed by atoms with Gasteiger partial charge in [0.1, 0.15) is 23.7 Å². The monoisotopic (exact) mass is 375 g/mol. The van der Waals surface area contributed by atoms with E-state index in [9.17, 15) is 5.11 Å². The molecule has 0 atom stereocenters. The minimum absolute atomic E-state index is 0.280. The van der Waals surface area contributed by atoms with Gasteiger partial charge in [-0.05, 0) is 50.1 Å². The van der Waals surface area contributed by atoms with Crippen LogP contribution in [0, 0.1) is 6.92 Å². The van der Waals surface area contributed by atoms with Crippen molar-refractivity contribution in [2.75, 3.05) is 17.2 Å². The SMILES string of the molecule is C=CNc1ncnc(NCC2=Cc3cccc(O)c3C(=C)N2C2CCC2)c1C. The summed E-state index contributed by atoms with van der Waals surface area (Å²) in [5.74, 6) is 1.80. The van der Waals surface area contributed by atoms with Crippen LogP contribution in [0.2, 0.25) is 0 Å². The van der Waals surface area contributed by atoms with Crippen LogP contribution in [0.1, 0.15) is 36.0 Å². The summed E-state index contributed by atoms with van der Waals surface area (Å²) in [5.41, 5.74) is 4.75. The second kappa shape index (κ2) is 7.38. The zero-order chi connectivity index (χ0) is 19.7. The Hall–Kier alpha value is -3.28. The Kier molecular flexibility index (Phi) is 4.77. The van der Waals surface area contributed by atoms with Gasteiger partial charge in [-0.25, -0.2) is 9.97 Å². The van der Waals surface area contributed by atoms with Crippen LogP contribution in [-0.4, -0.2) is 32.6 Å². The van der Waals surface area contributed by atoms with Gasteiger partial charge in [-0.2, -0.15) is 0 Å². The summed E-state index contributed by atoms with van der Waals surface area (Å²) in [4.78, 5) is 10.9. The van der Waals surface area contributed by atoms with E-state index in [0.717, 1.165) is 52.6 Å². The van der Waals surface area contributed by atoms with Crippen molar-refractivity contribution in [1.82, 2.24) is 14.9 Å². The van der Waals surface area contributed by atoms with Crippen molar-refractivity contribution in [2.24, 2.45) is 0 Å². The van der Waals surface area contributed by atoms with Gasteiger partial charge in [0.25, 0.3) is 0 Å². The Bertz CT molecular complexity index is 961. The first kappa shape index (κ1) is 18.1. The average molecular weight is 375 g/mol. The van der Waals surface area contributed by atoms with Crippen LogP contribution in [-0.2, 0) is 0 Å². The van der Waals surface area contributed by atoms with Crippen molar-refractivity contribution in [2.45, 2.75) is 32.2 Å². The lowest BCUT2D eigenvalue weighted by Gasteiger charge is -2.44. The van der Waals surface area contributed by atoms with E-state index >= 15 is 0 Å². The zero-order valence-electron chi connectivity index (χ0n) is 16.1. The molecule has 0 unspecified atom stereocenters. The Morgan fingerprint density at radius 2 is 2.07 bits per heavy atom. The third-order valence-corrected chi connectivity index (χ3v) is 5.49. The lowest BCUT2D eigenvalue weighted by atomic mass is 9.87. The number of hydrogen-bond acceptors (Lipinski definition) is 6. The van der Waals surface area contributed by atoms with Crippen LogP contribution >= 0.6 is 0 Å². The molecule has 6 nitrogen and oxygen atoms in total. The molecule has 3 N–H and O–H groups in total. The summed E-state index contributed by atoms with van der Waals surface area (Å²) >= 11 is 0. The Morgan fingerprint density at radius 3 is 2.79 bits per heavy atom. The largest absolute Gasteiger partial charge is 0.507 e. The molecule has 6 heteroatoms. The van der Waals surface area contributed by atoms with Crippen LogP contribution in [0.4, 0.5) is 11.6 Å². The van der Waals surface area contributed by atoms with E-state index in [4.69, 9.17) is 0 Å². The van der Waals surface area contributed by atoms with E-state index in [2.05, 4.69) is 44.7 Å². The highest BCUT2D eigenvalue weighted by atomic mass is 16.3. The maximum absolute atomic E-state index is 10.4. The second-order valence-corrected chi connectivity index (χ2v) is 7.18. The number of aromatic nitrogens is 2. The minimum atomic E-state index is 0.280. The lowest BCUT2D eigenvalue weighted by molar-refractivity contribution is 0.234. The molecule has 0 amide bonds. The molecule has 1 aliphatic carbocycles. The molecule has 1 fully saturated rings. The second-order valence-electron chi connectivity index (χ2n) is 7.18. The standard InChI is InChI=1S/C22H25N5O/c1-4-23-21-14(2)22(26-13-25-21)24-12-18-11-16-7-5-10-19(28)20(16)15(3)27(18)17-8-6-9-17/h4-5,7,10-11,13,17,28H,1,3,6,8-9,12H2,2H3,(H2,23,24,25,26). The van der Waals surface area contributed by atoms with E-state index < -0.39 is 0 Å². The highest BCUT2D eigenvalue weighted by molar-refractivity contribution is 5.82. The summed E-state index contributed by atoms with van der Waals surface area (Å²) < 4.78 is 0. The molecule has 0 bridgehead atoms. The highest BCUT2D eigenvalue weighted by Gasteiger charge is 2.33. The molecular weight excluding hydrogens is 350 g/mol. The zero-order valence-corrected chi connectivity index (χ0v) is 16.1. The first-order chi connectivity index (χ1) is 13.6. The van der Waals surface area contributed by atoms with E-state index in [1.54, 1.807) is 12.3 Å². The van der Waals surface area contributed by atoms with E-state index in [0.29, 0.717) is 12.6 Å². The van der Waals surface area contributed by atoms with Gasteiger partial charge in [0.2, 0.25) is 0 Å². The topological polar surface area (TPSA) is 73.3 Å². The van der Waals surface area contributed by atoms with Crippen molar-refractivity contribution in [3.63, 3.8) is 0 Å². The number of rotatable bonds is 6. The quantitative estimate of drug-likeness (QED) is 0.698. The predicted molar refractivity (Wildman–Crippen MR) is 114 cm³/mol. The molecule has 28 heavy (non-hydrogen) atoms. The van der Waals surface area contributed by atoms with Crippen molar-refractivity contribution < 1.29 is 5.11 Å². The first-order valence-electron chi connectivity index (χ1n) is 9.54. The number of nitrogens with one attached hydrogen (secondary N) is 2. The third kappa shape index (κ3) is 3.11. The molecule has 0 spiro atoms. The maximum Gasteiger partial charge on any atom is 0.138 e. The normalized spacial score (nSPS) is 16.1. The number of phenols is 1. The smallest absolute Gasteiger partial charge is 0.138 e.